The minimum Gasteiger partial charge on any atom is -0.310 e. The van der Waals surface area contributed by atoms with Crippen molar-refractivity contribution in [3.63, 3.8) is 0 Å². The van der Waals surface area contributed by atoms with Crippen molar-refractivity contribution in [2.24, 2.45) is 0 Å². The quantitative estimate of drug-likeness (QED) is 0.490. The van der Waals surface area contributed by atoms with Gasteiger partial charge in [-0.1, -0.05) is 6.92 Å². The van der Waals surface area contributed by atoms with Crippen LogP contribution >= 0.6 is 0 Å². The maximum atomic E-state index is 10.1. The van der Waals surface area contributed by atoms with Gasteiger partial charge >= 0.3 is 0 Å². The second-order valence-corrected chi connectivity index (χ2v) is 1.31. The molecule has 3 nitrogen and oxygen atoms in total. The van der Waals surface area contributed by atoms with Gasteiger partial charge in [-0.05, 0) is 6.54 Å². The SMILES string of the molecule is CCNCC(=O)[C]=O. The molecule has 0 fully saturated rings. The summed E-state index contributed by atoms with van der Waals surface area (Å²) in [7, 11) is 0. The van der Waals surface area contributed by atoms with Crippen molar-refractivity contribution < 1.29 is 9.59 Å². The molecule has 0 aliphatic heterocycles. The van der Waals surface area contributed by atoms with Crippen molar-refractivity contribution in [3.05, 3.63) is 0 Å². The summed E-state index contributed by atoms with van der Waals surface area (Å²) < 4.78 is 0. The lowest BCUT2D eigenvalue weighted by Crippen LogP contribution is -2.22. The van der Waals surface area contributed by atoms with Gasteiger partial charge in [-0.2, -0.15) is 0 Å². The second-order valence-electron chi connectivity index (χ2n) is 1.31. The van der Waals surface area contributed by atoms with Crippen LogP contribution in [0.4, 0.5) is 0 Å². The Balaban J connectivity index is 3.11. The van der Waals surface area contributed by atoms with Crippen molar-refractivity contribution in [1.29, 1.82) is 0 Å². The summed E-state index contributed by atoms with van der Waals surface area (Å²) >= 11 is 0. The lowest BCUT2D eigenvalue weighted by molar-refractivity contribution is -0.112. The predicted octanol–water partition coefficient (Wildman–Crippen LogP) is -0.725. The molecule has 0 bridgehead atoms. The topological polar surface area (TPSA) is 46.2 Å². The van der Waals surface area contributed by atoms with E-state index in [0.29, 0.717) is 6.54 Å². The molecule has 0 saturated heterocycles. The standard InChI is InChI=1S/C5H8NO2/c1-2-6-3-5(8)4-7/h6H,2-3H2,1H3. The third-order valence-electron chi connectivity index (χ3n) is 0.649. The van der Waals surface area contributed by atoms with E-state index in [4.69, 9.17) is 0 Å². The molecule has 45 valence electrons. The fourth-order valence-corrected chi connectivity index (χ4v) is 0.275. The van der Waals surface area contributed by atoms with Crippen LogP contribution < -0.4 is 5.32 Å². The molecule has 0 amide bonds. The van der Waals surface area contributed by atoms with E-state index in [1.165, 1.54) is 6.29 Å². The van der Waals surface area contributed by atoms with Gasteiger partial charge in [0.05, 0.1) is 6.54 Å². The summed E-state index contributed by atoms with van der Waals surface area (Å²) in [5.74, 6) is -0.521. The molecule has 0 spiro atoms. The highest BCUT2D eigenvalue weighted by molar-refractivity contribution is 6.26. The van der Waals surface area contributed by atoms with Gasteiger partial charge in [-0.15, -0.1) is 0 Å². The fraction of sp³-hybridized carbons (Fsp3) is 0.600. The minimum absolute atomic E-state index is 0.111. The van der Waals surface area contributed by atoms with E-state index in [1.807, 2.05) is 6.92 Å². The number of hydrogen-bond donors (Lipinski definition) is 1. The third kappa shape index (κ3) is 3.49. The van der Waals surface area contributed by atoms with E-state index in [1.54, 1.807) is 0 Å². The number of likely N-dealkylation sites (N-methyl/N-ethyl adjacent to an activating group) is 1. The molecule has 0 aromatic rings. The summed E-state index contributed by atoms with van der Waals surface area (Å²) in [6, 6.07) is 0. The molecular weight excluding hydrogens is 106 g/mol. The molecule has 8 heavy (non-hydrogen) atoms. The first-order chi connectivity index (χ1) is 3.81. The van der Waals surface area contributed by atoms with Crippen molar-refractivity contribution in [2.75, 3.05) is 13.1 Å². The second kappa shape index (κ2) is 4.46. The first kappa shape index (κ1) is 7.30. The van der Waals surface area contributed by atoms with Gasteiger partial charge in [-0.25, -0.2) is 0 Å². The first-order valence-corrected chi connectivity index (χ1v) is 2.43. The van der Waals surface area contributed by atoms with E-state index < -0.39 is 5.78 Å². The molecule has 0 aromatic heterocycles. The van der Waals surface area contributed by atoms with Crippen molar-refractivity contribution in [3.8, 4) is 0 Å². The molecule has 0 aliphatic carbocycles. The number of Topliss-reactive ketones (excluding diaryl/α,β-unsaturated/α-hetero) is 1. The highest BCUT2D eigenvalue weighted by atomic mass is 16.2. The molecule has 0 unspecified atom stereocenters. The Morgan fingerprint density at radius 1 is 1.75 bits per heavy atom. The molecule has 0 heterocycles. The van der Waals surface area contributed by atoms with Crippen molar-refractivity contribution in [1.82, 2.24) is 5.32 Å². The number of rotatable bonds is 4. The van der Waals surface area contributed by atoms with Crippen LogP contribution in [0.1, 0.15) is 6.92 Å². The first-order valence-electron chi connectivity index (χ1n) is 2.43. The van der Waals surface area contributed by atoms with E-state index in [9.17, 15) is 9.59 Å². The maximum absolute atomic E-state index is 10.1. The minimum atomic E-state index is -0.521. The fourth-order valence-electron chi connectivity index (χ4n) is 0.275. The van der Waals surface area contributed by atoms with Crippen LogP contribution in [-0.4, -0.2) is 25.2 Å². The van der Waals surface area contributed by atoms with Gasteiger partial charge in [0.25, 0.3) is 6.29 Å². The Hall–Kier alpha value is -0.700. The van der Waals surface area contributed by atoms with Crippen LogP contribution in [0.2, 0.25) is 0 Å². The number of nitrogens with one attached hydrogen (secondary N) is 1. The van der Waals surface area contributed by atoms with E-state index in [0.717, 1.165) is 0 Å². The van der Waals surface area contributed by atoms with Gasteiger partial charge in [-0.3, -0.25) is 9.59 Å². The molecule has 0 aliphatic rings. The zero-order valence-electron chi connectivity index (χ0n) is 4.73. The molecule has 1 radical (unpaired) electrons. The van der Waals surface area contributed by atoms with Gasteiger partial charge in [0.2, 0.25) is 5.78 Å². The Morgan fingerprint density at radius 2 is 2.38 bits per heavy atom. The van der Waals surface area contributed by atoms with Crippen LogP contribution in [0.3, 0.4) is 0 Å². The molecule has 0 aromatic carbocycles. The molecule has 0 rings (SSSR count). The highest BCUT2D eigenvalue weighted by Crippen LogP contribution is 1.59. The summed E-state index contributed by atoms with van der Waals surface area (Å²) in [5, 5.41) is 2.69. The summed E-state index contributed by atoms with van der Waals surface area (Å²) in [4.78, 5) is 19.6. The maximum Gasteiger partial charge on any atom is 0.273 e. The Kier molecular flexibility index (Phi) is 4.07. The summed E-state index contributed by atoms with van der Waals surface area (Å²) in [6.07, 6.45) is 1.25. The zero-order chi connectivity index (χ0) is 6.41. The normalized spacial score (nSPS) is 8.62. The van der Waals surface area contributed by atoms with Gasteiger partial charge in [0, 0.05) is 0 Å². The zero-order valence-corrected chi connectivity index (χ0v) is 4.73. The van der Waals surface area contributed by atoms with Crippen LogP contribution in [0, 0.1) is 0 Å². The lowest BCUT2D eigenvalue weighted by Gasteiger charge is -1.90. The number of carbonyl (C=O) groups excluding carboxylic acids is 2. The molecule has 0 saturated carbocycles. The summed E-state index contributed by atoms with van der Waals surface area (Å²) in [6.45, 7) is 2.67. The van der Waals surface area contributed by atoms with Crippen LogP contribution in [0.15, 0.2) is 0 Å². The Bertz CT molecular complexity index is 90.4. The van der Waals surface area contributed by atoms with Crippen molar-refractivity contribution in [2.45, 2.75) is 6.92 Å². The highest BCUT2D eigenvalue weighted by Gasteiger charge is 1.95. The largest absolute Gasteiger partial charge is 0.310 e. The van der Waals surface area contributed by atoms with Gasteiger partial charge < -0.3 is 5.32 Å². The van der Waals surface area contributed by atoms with E-state index in [-0.39, 0.29) is 6.54 Å². The van der Waals surface area contributed by atoms with Crippen LogP contribution in [0.5, 0.6) is 0 Å². The molecule has 0 atom stereocenters. The number of ketones is 1. The van der Waals surface area contributed by atoms with Gasteiger partial charge in [0.1, 0.15) is 0 Å². The Morgan fingerprint density at radius 3 is 2.75 bits per heavy atom. The smallest absolute Gasteiger partial charge is 0.273 e. The van der Waals surface area contributed by atoms with E-state index >= 15 is 0 Å². The predicted molar refractivity (Wildman–Crippen MR) is 29.2 cm³/mol. The number of hydrogen-bond acceptors (Lipinski definition) is 3. The third-order valence-corrected chi connectivity index (χ3v) is 0.649. The summed E-state index contributed by atoms with van der Waals surface area (Å²) in [5.41, 5.74) is 0. The average Bonchev–Trinajstić information content (AvgIpc) is 1.83. The van der Waals surface area contributed by atoms with Crippen LogP contribution in [-0.2, 0) is 9.59 Å². The van der Waals surface area contributed by atoms with Crippen molar-refractivity contribution >= 4 is 12.1 Å². The molecular formula is C5H8NO2. The van der Waals surface area contributed by atoms with Crippen LogP contribution in [0.25, 0.3) is 0 Å². The van der Waals surface area contributed by atoms with E-state index in [2.05, 4.69) is 5.32 Å². The lowest BCUT2D eigenvalue weighted by atomic mass is 10.4. The molecule has 3 heteroatoms. The molecule has 1 N–H and O–H groups in total. The van der Waals surface area contributed by atoms with Gasteiger partial charge in [0.15, 0.2) is 0 Å². The number of carbonyl (C=O) groups is 1. The monoisotopic (exact) mass is 114 g/mol. The Labute approximate surface area is 48.1 Å². The average molecular weight is 114 g/mol.